The van der Waals surface area contributed by atoms with Crippen LogP contribution in [0.4, 0.5) is 0 Å². The summed E-state index contributed by atoms with van der Waals surface area (Å²) in [6.45, 7) is 1.54. The SMILES string of the molecule is O=COCc1ccccc1-c1cc2ccccc2c2ccccc12.O=COCc1ccccc1Br.OB(O)c1cc2ccccc2c2ccccc12. The van der Waals surface area contributed by atoms with E-state index in [9.17, 15) is 19.6 Å². The highest BCUT2D eigenvalue weighted by Crippen LogP contribution is 2.36. The number of hydrogen-bond donors (Lipinski definition) is 2. The van der Waals surface area contributed by atoms with Gasteiger partial charge in [0.15, 0.2) is 0 Å². The van der Waals surface area contributed by atoms with Crippen LogP contribution in [-0.4, -0.2) is 30.1 Å². The van der Waals surface area contributed by atoms with Gasteiger partial charge in [-0.15, -0.1) is 0 Å². The molecule has 8 heteroatoms. The predicted molar refractivity (Wildman–Crippen MR) is 214 cm³/mol. The number of ether oxygens (including phenoxy) is 2. The van der Waals surface area contributed by atoms with Crippen LogP contribution in [0.1, 0.15) is 11.1 Å². The summed E-state index contributed by atoms with van der Waals surface area (Å²) in [6, 6.07) is 52.3. The molecule has 0 spiro atoms. The van der Waals surface area contributed by atoms with Crippen LogP contribution in [0, 0.1) is 0 Å². The molecule has 0 aliphatic carbocycles. The fourth-order valence-corrected chi connectivity index (χ4v) is 6.75. The lowest BCUT2D eigenvalue weighted by molar-refractivity contribution is -0.130. The normalized spacial score (nSPS) is 10.5. The summed E-state index contributed by atoms with van der Waals surface area (Å²) in [7, 11) is -1.44. The molecule has 8 rings (SSSR count). The van der Waals surface area contributed by atoms with Crippen LogP contribution in [0.15, 0.2) is 162 Å². The lowest BCUT2D eigenvalue weighted by Crippen LogP contribution is -2.30. The summed E-state index contributed by atoms with van der Waals surface area (Å²) in [5, 5.41) is 27.9. The molecule has 0 radical (unpaired) electrons. The van der Waals surface area contributed by atoms with E-state index in [1.54, 1.807) is 0 Å². The fourth-order valence-electron chi connectivity index (χ4n) is 6.35. The topological polar surface area (TPSA) is 93.1 Å². The molecule has 8 aromatic rings. The smallest absolute Gasteiger partial charge is 0.463 e. The van der Waals surface area contributed by atoms with Gasteiger partial charge in [-0.1, -0.05) is 162 Å². The number of carbonyl (C=O) groups excluding carboxylic acids is 2. The predicted octanol–water partition coefficient (Wildman–Crippen LogP) is 9.13. The Hall–Kier alpha value is -5.80. The maximum Gasteiger partial charge on any atom is 0.489 e. The Kier molecular flexibility index (Phi) is 12.1. The van der Waals surface area contributed by atoms with Crippen molar-refractivity contribution in [3.63, 3.8) is 0 Å². The molecule has 0 unspecified atom stereocenters. The van der Waals surface area contributed by atoms with Gasteiger partial charge in [0.05, 0.1) is 0 Å². The van der Waals surface area contributed by atoms with Gasteiger partial charge in [0.1, 0.15) is 13.2 Å². The van der Waals surface area contributed by atoms with Crippen LogP contribution in [0.2, 0.25) is 0 Å². The third-order valence-electron chi connectivity index (χ3n) is 8.73. The van der Waals surface area contributed by atoms with E-state index < -0.39 is 7.12 Å². The van der Waals surface area contributed by atoms with Crippen LogP contribution in [0.5, 0.6) is 0 Å². The first-order valence-corrected chi connectivity index (χ1v) is 17.4. The highest BCUT2D eigenvalue weighted by atomic mass is 79.9. The van der Waals surface area contributed by atoms with Gasteiger partial charge in [0.2, 0.25) is 0 Å². The Balaban J connectivity index is 0.000000145. The van der Waals surface area contributed by atoms with Crippen molar-refractivity contribution in [2.75, 3.05) is 0 Å². The van der Waals surface area contributed by atoms with Gasteiger partial charge in [0, 0.05) is 10.0 Å². The molecule has 0 aliphatic rings. The van der Waals surface area contributed by atoms with Gasteiger partial charge in [-0.05, 0) is 77.4 Å². The van der Waals surface area contributed by atoms with E-state index in [2.05, 4.69) is 81.3 Å². The van der Waals surface area contributed by atoms with Crippen molar-refractivity contribution in [1.82, 2.24) is 0 Å². The van der Waals surface area contributed by atoms with Gasteiger partial charge < -0.3 is 19.5 Å². The molecule has 0 saturated carbocycles. The van der Waals surface area contributed by atoms with Crippen LogP contribution in [0.3, 0.4) is 0 Å². The first-order valence-electron chi connectivity index (χ1n) is 16.6. The molecular formula is C44H34BBrO6. The maximum atomic E-state index is 10.6. The second-order valence-electron chi connectivity index (χ2n) is 11.9. The Labute approximate surface area is 310 Å². The van der Waals surface area contributed by atoms with Gasteiger partial charge >= 0.3 is 7.12 Å². The standard InChI is InChI=1S/C22H16O2.C14H11BO2.C8H7BrO2/c23-15-24-14-17-8-2-4-10-19(17)22-13-16-7-1-3-9-18(16)20-11-5-6-12-21(20)22;16-15(17)14-9-10-5-1-2-6-11(10)12-7-3-4-8-13(12)14;9-8-4-2-1-3-7(8)5-11-6-10/h1-13,15H,14H2;1-9,16-17H;1-4,6H,5H2. The summed E-state index contributed by atoms with van der Waals surface area (Å²) >= 11 is 3.33. The molecule has 0 saturated heterocycles. The molecule has 0 fully saturated rings. The molecule has 6 nitrogen and oxygen atoms in total. The number of halogens is 1. The van der Waals surface area contributed by atoms with Crippen molar-refractivity contribution in [3.05, 3.63) is 173 Å². The fraction of sp³-hybridized carbons (Fsp3) is 0.0455. The number of rotatable bonds is 8. The zero-order chi connectivity index (χ0) is 36.3. The summed E-state index contributed by atoms with van der Waals surface area (Å²) in [5.74, 6) is 0. The first kappa shape index (κ1) is 36.0. The van der Waals surface area contributed by atoms with Gasteiger partial charge in [-0.25, -0.2) is 0 Å². The van der Waals surface area contributed by atoms with E-state index >= 15 is 0 Å². The molecule has 0 atom stereocenters. The molecule has 256 valence electrons. The maximum absolute atomic E-state index is 10.6. The molecule has 0 aliphatic heterocycles. The monoisotopic (exact) mass is 748 g/mol. The Morgan fingerprint density at radius 2 is 0.923 bits per heavy atom. The number of carbonyl (C=O) groups is 2. The zero-order valence-electron chi connectivity index (χ0n) is 28.1. The van der Waals surface area contributed by atoms with E-state index in [1.807, 2.05) is 97.1 Å². The Morgan fingerprint density at radius 3 is 1.52 bits per heavy atom. The third kappa shape index (κ3) is 8.22. The van der Waals surface area contributed by atoms with Crippen molar-refractivity contribution < 1.29 is 29.1 Å². The quantitative estimate of drug-likeness (QED) is 0.0915. The summed E-state index contributed by atoms with van der Waals surface area (Å²) in [4.78, 5) is 20.4. The molecule has 0 aromatic heterocycles. The molecular weight excluding hydrogens is 715 g/mol. The molecule has 2 N–H and O–H groups in total. The van der Waals surface area contributed by atoms with E-state index in [4.69, 9.17) is 4.74 Å². The average molecular weight is 749 g/mol. The minimum atomic E-state index is -1.44. The highest BCUT2D eigenvalue weighted by molar-refractivity contribution is 9.10. The lowest BCUT2D eigenvalue weighted by Gasteiger charge is -2.14. The highest BCUT2D eigenvalue weighted by Gasteiger charge is 2.16. The largest absolute Gasteiger partial charge is 0.489 e. The average Bonchev–Trinajstić information content (AvgIpc) is 3.20. The molecule has 0 amide bonds. The van der Waals surface area contributed by atoms with Gasteiger partial charge in [-0.3, -0.25) is 9.59 Å². The summed E-state index contributed by atoms with van der Waals surface area (Å²) < 4.78 is 10.6. The van der Waals surface area contributed by atoms with E-state index in [0.29, 0.717) is 25.0 Å². The first-order chi connectivity index (χ1) is 25.5. The zero-order valence-corrected chi connectivity index (χ0v) is 29.6. The van der Waals surface area contributed by atoms with Crippen LogP contribution in [0.25, 0.3) is 54.2 Å². The minimum absolute atomic E-state index is 0.279. The van der Waals surface area contributed by atoms with Crippen LogP contribution in [-0.2, 0) is 32.3 Å². The Morgan fingerprint density at radius 1 is 0.481 bits per heavy atom. The van der Waals surface area contributed by atoms with E-state index in [0.717, 1.165) is 48.3 Å². The second kappa shape index (κ2) is 17.4. The minimum Gasteiger partial charge on any atom is -0.463 e. The molecule has 0 bridgehead atoms. The molecule has 52 heavy (non-hydrogen) atoms. The van der Waals surface area contributed by atoms with Crippen molar-refractivity contribution in [3.8, 4) is 11.1 Å². The summed E-state index contributed by atoms with van der Waals surface area (Å²) in [5.41, 5.74) is 4.79. The lowest BCUT2D eigenvalue weighted by atomic mass is 9.76. The van der Waals surface area contributed by atoms with Crippen molar-refractivity contribution in [1.29, 1.82) is 0 Å². The van der Waals surface area contributed by atoms with E-state index in [-0.39, 0.29) is 6.61 Å². The third-order valence-corrected chi connectivity index (χ3v) is 9.50. The molecule has 0 heterocycles. The van der Waals surface area contributed by atoms with Crippen molar-refractivity contribution in [2.24, 2.45) is 0 Å². The van der Waals surface area contributed by atoms with Crippen molar-refractivity contribution >= 4 is 84.5 Å². The van der Waals surface area contributed by atoms with Crippen LogP contribution < -0.4 is 5.46 Å². The van der Waals surface area contributed by atoms with E-state index in [1.165, 1.54) is 21.5 Å². The second-order valence-corrected chi connectivity index (χ2v) is 12.7. The molecule has 8 aromatic carbocycles. The van der Waals surface area contributed by atoms with Crippen molar-refractivity contribution in [2.45, 2.75) is 13.2 Å². The Bertz CT molecular complexity index is 2480. The van der Waals surface area contributed by atoms with Crippen LogP contribution >= 0.6 is 15.9 Å². The number of fused-ring (bicyclic) bond motifs is 6. The summed E-state index contributed by atoms with van der Waals surface area (Å²) in [6.07, 6.45) is 0. The number of hydrogen-bond acceptors (Lipinski definition) is 6. The van der Waals surface area contributed by atoms with Gasteiger partial charge in [-0.2, -0.15) is 0 Å². The number of benzene rings is 8. The van der Waals surface area contributed by atoms with Gasteiger partial charge in [0.25, 0.3) is 12.9 Å².